The maximum atomic E-state index is 10.8. The zero-order valence-electron chi connectivity index (χ0n) is 5.32. The van der Waals surface area contributed by atoms with Gasteiger partial charge in [0, 0.05) is 12.4 Å². The Morgan fingerprint density at radius 3 is 2.60 bits per heavy atom. The quantitative estimate of drug-likeness (QED) is 0.564. The van der Waals surface area contributed by atoms with Crippen LogP contribution in [0.2, 0.25) is 0 Å². The molecule has 1 aromatic rings. The molecule has 0 aliphatic heterocycles. The van der Waals surface area contributed by atoms with Gasteiger partial charge in [0.25, 0.3) is 0 Å². The molecule has 1 rings (SSSR count). The summed E-state index contributed by atoms with van der Waals surface area (Å²) in [5.74, 6) is -0.0504. The molecule has 0 radical (unpaired) electrons. The molecular formula is C6H7N3O. The molecule has 0 aliphatic rings. The van der Waals surface area contributed by atoms with Gasteiger partial charge in [0.1, 0.15) is 0 Å². The monoisotopic (exact) mass is 137 g/mol. The topological polar surface area (TPSA) is 68.9 Å². The number of hydrogen-bond donors (Lipinski definition) is 1. The van der Waals surface area contributed by atoms with Gasteiger partial charge in [-0.3, -0.25) is 4.79 Å². The first kappa shape index (κ1) is 6.82. The van der Waals surface area contributed by atoms with Crippen LogP contribution in [-0.2, 0) is 0 Å². The fourth-order valence-electron chi connectivity index (χ4n) is 0.534. The van der Waals surface area contributed by atoms with Crippen LogP contribution in [0.3, 0.4) is 0 Å². The van der Waals surface area contributed by atoms with Gasteiger partial charge in [-0.15, -0.1) is 0 Å². The number of aromatic nitrogens is 2. The Hall–Kier alpha value is -1.29. The van der Waals surface area contributed by atoms with E-state index in [1.54, 1.807) is 6.07 Å². The van der Waals surface area contributed by atoms with E-state index in [4.69, 9.17) is 5.73 Å². The van der Waals surface area contributed by atoms with Crippen LogP contribution in [0.1, 0.15) is 10.6 Å². The van der Waals surface area contributed by atoms with Crippen LogP contribution in [0.5, 0.6) is 0 Å². The Labute approximate surface area is 58.1 Å². The summed E-state index contributed by atoms with van der Waals surface area (Å²) in [6.45, 7) is -0.0377. The molecule has 10 heavy (non-hydrogen) atoms. The lowest BCUT2D eigenvalue weighted by atomic mass is 10.4. The van der Waals surface area contributed by atoms with Crippen molar-refractivity contribution in [2.24, 2.45) is 5.73 Å². The van der Waals surface area contributed by atoms with Crippen molar-refractivity contribution < 1.29 is 4.79 Å². The molecule has 0 spiro atoms. The van der Waals surface area contributed by atoms with Crippen molar-refractivity contribution >= 4 is 5.78 Å². The highest BCUT2D eigenvalue weighted by molar-refractivity contribution is 5.93. The number of ketones is 1. The first-order chi connectivity index (χ1) is 4.84. The predicted molar refractivity (Wildman–Crippen MR) is 35.4 cm³/mol. The number of nitrogens with two attached hydrogens (primary N) is 1. The lowest BCUT2D eigenvalue weighted by molar-refractivity contribution is 0.0991. The Bertz CT molecular complexity index is 222. The predicted octanol–water partition coefficient (Wildman–Crippen LogP) is -0.382. The highest BCUT2D eigenvalue weighted by Crippen LogP contribution is 1.86. The molecule has 0 fully saturated rings. The van der Waals surface area contributed by atoms with Gasteiger partial charge in [-0.25, -0.2) is 9.97 Å². The third-order valence-corrected chi connectivity index (χ3v) is 1.00. The first-order valence-corrected chi connectivity index (χ1v) is 2.85. The van der Waals surface area contributed by atoms with Crippen LogP contribution >= 0.6 is 0 Å². The minimum absolute atomic E-state index is 0.0377. The Kier molecular flexibility index (Phi) is 2.07. The van der Waals surface area contributed by atoms with Gasteiger partial charge in [-0.2, -0.15) is 0 Å². The van der Waals surface area contributed by atoms with E-state index < -0.39 is 0 Å². The van der Waals surface area contributed by atoms with Gasteiger partial charge < -0.3 is 5.73 Å². The fraction of sp³-hybridized carbons (Fsp3) is 0.167. The molecule has 4 nitrogen and oxygen atoms in total. The molecular weight excluding hydrogens is 130 g/mol. The second kappa shape index (κ2) is 3.03. The molecule has 4 heteroatoms. The zero-order valence-corrected chi connectivity index (χ0v) is 5.32. The number of carbonyl (C=O) groups is 1. The van der Waals surface area contributed by atoms with Crippen LogP contribution < -0.4 is 5.73 Å². The third kappa shape index (κ3) is 1.35. The molecule has 0 atom stereocenters. The summed E-state index contributed by atoms with van der Waals surface area (Å²) in [6, 6.07) is 1.65. The van der Waals surface area contributed by atoms with Gasteiger partial charge in [0.2, 0.25) is 5.78 Å². The Morgan fingerprint density at radius 1 is 1.50 bits per heavy atom. The van der Waals surface area contributed by atoms with Crippen molar-refractivity contribution in [2.45, 2.75) is 0 Å². The van der Waals surface area contributed by atoms with Crippen LogP contribution in [0.15, 0.2) is 18.5 Å². The SMILES string of the molecule is NCC(=O)c1ncccn1. The minimum atomic E-state index is -0.236. The molecule has 0 amide bonds. The molecule has 0 aromatic carbocycles. The summed E-state index contributed by atoms with van der Waals surface area (Å²) in [6.07, 6.45) is 3.02. The second-order valence-corrected chi connectivity index (χ2v) is 1.70. The third-order valence-electron chi connectivity index (χ3n) is 1.00. The van der Waals surface area contributed by atoms with E-state index >= 15 is 0 Å². The van der Waals surface area contributed by atoms with E-state index in [1.807, 2.05) is 0 Å². The highest BCUT2D eigenvalue weighted by atomic mass is 16.1. The van der Waals surface area contributed by atoms with Gasteiger partial charge in [0.15, 0.2) is 5.82 Å². The standard InChI is InChI=1S/C6H7N3O/c7-4-5(10)6-8-2-1-3-9-6/h1-3H,4,7H2. The fourth-order valence-corrected chi connectivity index (χ4v) is 0.534. The molecule has 0 saturated carbocycles. The Morgan fingerprint density at radius 2 is 2.10 bits per heavy atom. The average molecular weight is 137 g/mol. The minimum Gasteiger partial charge on any atom is -0.324 e. The smallest absolute Gasteiger partial charge is 0.213 e. The molecule has 52 valence electrons. The average Bonchev–Trinajstić information content (AvgIpc) is 2.05. The van der Waals surface area contributed by atoms with Crippen LogP contribution in [0.25, 0.3) is 0 Å². The summed E-state index contributed by atoms with van der Waals surface area (Å²) in [4.78, 5) is 18.2. The van der Waals surface area contributed by atoms with Crippen molar-refractivity contribution in [1.29, 1.82) is 0 Å². The summed E-state index contributed by atoms with van der Waals surface area (Å²) in [7, 11) is 0. The second-order valence-electron chi connectivity index (χ2n) is 1.70. The van der Waals surface area contributed by atoms with Crippen molar-refractivity contribution in [3.8, 4) is 0 Å². The van der Waals surface area contributed by atoms with E-state index in [1.165, 1.54) is 12.4 Å². The number of rotatable bonds is 2. The van der Waals surface area contributed by atoms with Crippen LogP contribution in [-0.4, -0.2) is 22.3 Å². The normalized spacial score (nSPS) is 9.30. The van der Waals surface area contributed by atoms with Crippen molar-refractivity contribution in [2.75, 3.05) is 6.54 Å². The van der Waals surface area contributed by atoms with E-state index in [0.717, 1.165) is 0 Å². The van der Waals surface area contributed by atoms with Gasteiger partial charge in [-0.1, -0.05) is 0 Å². The summed E-state index contributed by atoms with van der Waals surface area (Å²) in [5.41, 5.74) is 5.07. The van der Waals surface area contributed by atoms with Gasteiger partial charge in [-0.05, 0) is 6.07 Å². The maximum Gasteiger partial charge on any atom is 0.213 e. The molecule has 0 aliphatic carbocycles. The summed E-state index contributed by atoms with van der Waals surface area (Å²) >= 11 is 0. The van der Waals surface area contributed by atoms with E-state index in [2.05, 4.69) is 9.97 Å². The number of nitrogens with zero attached hydrogens (tertiary/aromatic N) is 2. The number of hydrogen-bond acceptors (Lipinski definition) is 4. The summed E-state index contributed by atoms with van der Waals surface area (Å²) < 4.78 is 0. The molecule has 1 aromatic heterocycles. The van der Waals surface area contributed by atoms with Gasteiger partial charge >= 0.3 is 0 Å². The van der Waals surface area contributed by atoms with E-state index in [0.29, 0.717) is 0 Å². The number of Topliss-reactive ketones (excluding diaryl/α,β-unsaturated/α-hetero) is 1. The maximum absolute atomic E-state index is 10.8. The van der Waals surface area contributed by atoms with Crippen LogP contribution in [0.4, 0.5) is 0 Å². The lowest BCUT2D eigenvalue weighted by Crippen LogP contribution is -2.16. The zero-order chi connectivity index (χ0) is 7.40. The van der Waals surface area contributed by atoms with Crippen molar-refractivity contribution in [3.63, 3.8) is 0 Å². The van der Waals surface area contributed by atoms with Gasteiger partial charge in [0.05, 0.1) is 6.54 Å². The summed E-state index contributed by atoms with van der Waals surface area (Å²) in [5, 5.41) is 0. The largest absolute Gasteiger partial charge is 0.324 e. The molecule has 0 bridgehead atoms. The van der Waals surface area contributed by atoms with E-state index in [9.17, 15) is 4.79 Å². The highest BCUT2D eigenvalue weighted by Gasteiger charge is 2.03. The van der Waals surface area contributed by atoms with Crippen LogP contribution in [0, 0.1) is 0 Å². The first-order valence-electron chi connectivity index (χ1n) is 2.85. The lowest BCUT2D eigenvalue weighted by Gasteiger charge is -1.91. The molecule has 1 heterocycles. The Balaban J connectivity index is 2.85. The van der Waals surface area contributed by atoms with Crippen molar-refractivity contribution in [3.05, 3.63) is 24.3 Å². The van der Waals surface area contributed by atoms with E-state index in [-0.39, 0.29) is 18.2 Å². The molecule has 2 N–H and O–H groups in total. The molecule has 0 saturated heterocycles. The molecule has 0 unspecified atom stereocenters. The van der Waals surface area contributed by atoms with Crippen molar-refractivity contribution in [1.82, 2.24) is 9.97 Å². The number of carbonyl (C=O) groups excluding carboxylic acids is 1.